The molecule has 374 valence electrons. The highest BCUT2D eigenvalue weighted by Gasteiger charge is 2.45. The molecule has 4 bridgehead atoms. The SMILES string of the molecule is C/C=C1\NC(=O)C2NC(=O)C(NC(=O)C(C)C)CCCNC(=O)Nc3cc(O)c(O)cc3CC(C(=O)NC(C(C)C)C(=O)OC2C)N(C)C(=O)C(Cc2ccccc2)N2C(=O)C(CCC2O)NC1=O. The summed E-state index contributed by atoms with van der Waals surface area (Å²) in [6, 6.07) is 0.678. The number of likely N-dealkylation sites (N-methyl/N-ethyl adjacent to an activating group) is 1. The molecule has 2 saturated heterocycles. The molecule has 2 fully saturated rings. The van der Waals surface area contributed by atoms with Crippen LogP contribution in [0.3, 0.4) is 0 Å². The summed E-state index contributed by atoms with van der Waals surface area (Å²) in [7, 11) is 1.26. The number of rotatable bonds is 5. The van der Waals surface area contributed by atoms with Crippen LogP contribution in [0, 0.1) is 11.8 Å². The van der Waals surface area contributed by atoms with Gasteiger partial charge in [0, 0.05) is 44.1 Å². The van der Waals surface area contributed by atoms with Crippen molar-refractivity contribution in [3.05, 3.63) is 65.4 Å². The Hall–Kier alpha value is -7.23. The lowest BCUT2D eigenvalue weighted by Gasteiger charge is -2.43. The Morgan fingerprint density at radius 3 is 2.20 bits per heavy atom. The smallest absolute Gasteiger partial charge is 0.329 e. The molecule has 10 N–H and O–H groups in total. The minimum atomic E-state index is -1.76. The molecule has 69 heavy (non-hydrogen) atoms. The Kier molecular flexibility index (Phi) is 17.7. The molecule has 2 aromatic rings. The number of allylic oxidation sites excluding steroid dienone is 1. The zero-order valence-electron chi connectivity index (χ0n) is 39.7. The number of nitrogens with one attached hydrogen (secondary N) is 7. The summed E-state index contributed by atoms with van der Waals surface area (Å²) in [5, 5.41) is 51.0. The van der Waals surface area contributed by atoms with E-state index in [4.69, 9.17) is 4.74 Å². The van der Waals surface area contributed by atoms with E-state index in [2.05, 4.69) is 37.2 Å². The van der Waals surface area contributed by atoms with Gasteiger partial charge in [0.2, 0.25) is 29.5 Å². The Morgan fingerprint density at radius 2 is 1.55 bits per heavy atom. The van der Waals surface area contributed by atoms with Crippen LogP contribution >= 0.6 is 0 Å². The second kappa shape index (κ2) is 23.2. The molecule has 9 amide bonds. The highest BCUT2D eigenvalue weighted by Crippen LogP contribution is 2.33. The van der Waals surface area contributed by atoms with Crippen molar-refractivity contribution in [2.24, 2.45) is 11.8 Å². The van der Waals surface area contributed by atoms with E-state index in [1.165, 1.54) is 27.0 Å². The van der Waals surface area contributed by atoms with Gasteiger partial charge in [0.05, 0.1) is 0 Å². The first-order valence-electron chi connectivity index (χ1n) is 22.9. The largest absolute Gasteiger partial charge is 0.504 e. The minimum absolute atomic E-state index is 0.0172. The van der Waals surface area contributed by atoms with Gasteiger partial charge in [-0.25, -0.2) is 9.59 Å². The number of aliphatic hydroxyl groups is 1. The molecule has 0 aromatic heterocycles. The number of benzene rings is 2. The lowest BCUT2D eigenvalue weighted by molar-refractivity contribution is -0.165. The average Bonchev–Trinajstić information content (AvgIpc) is 3.29. The summed E-state index contributed by atoms with van der Waals surface area (Å²) in [6.45, 7) is 8.96. The lowest BCUT2D eigenvalue weighted by atomic mass is 9.95. The Balaban J connectivity index is 1.74. The van der Waals surface area contributed by atoms with Crippen molar-refractivity contribution < 1.29 is 63.2 Å². The highest BCUT2D eigenvalue weighted by atomic mass is 16.5. The molecular weight excluding hydrogens is 899 g/mol. The number of urea groups is 1. The van der Waals surface area contributed by atoms with Gasteiger partial charge in [-0.1, -0.05) is 64.1 Å². The van der Waals surface area contributed by atoms with E-state index in [1.54, 1.807) is 58.0 Å². The number of fused-ring (bicyclic) bond motifs is 10. The normalized spacial score (nSPS) is 26.8. The number of nitrogens with zero attached hydrogens (tertiary/aromatic N) is 2. The number of anilines is 1. The fraction of sp³-hybridized carbons (Fsp3) is 0.511. The Labute approximate surface area is 399 Å². The topological polar surface area (TPSA) is 314 Å². The molecule has 0 saturated carbocycles. The lowest BCUT2D eigenvalue weighted by Crippen LogP contribution is -2.64. The van der Waals surface area contributed by atoms with E-state index in [0.29, 0.717) is 5.56 Å². The minimum Gasteiger partial charge on any atom is -0.504 e. The molecule has 22 heteroatoms. The van der Waals surface area contributed by atoms with Crippen LogP contribution in [0.25, 0.3) is 0 Å². The number of carbonyl (C=O) groups excluding carboxylic acids is 9. The molecule has 22 nitrogen and oxygen atoms in total. The van der Waals surface area contributed by atoms with Gasteiger partial charge in [0.1, 0.15) is 54.3 Å². The maximum absolute atomic E-state index is 15.2. The molecule has 3 aliphatic rings. The first kappa shape index (κ1) is 52.7. The number of esters is 1. The second-order valence-corrected chi connectivity index (χ2v) is 18.0. The predicted octanol–water partition coefficient (Wildman–Crippen LogP) is 0.151. The maximum atomic E-state index is 15.2. The van der Waals surface area contributed by atoms with Gasteiger partial charge >= 0.3 is 12.0 Å². The molecule has 0 spiro atoms. The third kappa shape index (κ3) is 13.1. The summed E-state index contributed by atoms with van der Waals surface area (Å²) in [5.41, 5.74) is 0.0729. The number of hydrogen-bond acceptors (Lipinski definition) is 13. The van der Waals surface area contributed by atoms with E-state index >= 15 is 4.79 Å². The van der Waals surface area contributed by atoms with Gasteiger partial charge in [-0.2, -0.15) is 0 Å². The summed E-state index contributed by atoms with van der Waals surface area (Å²) in [5.74, 6) is -9.86. The molecule has 0 aliphatic carbocycles. The quantitative estimate of drug-likeness (QED) is 0.0828. The average molecular weight is 962 g/mol. The van der Waals surface area contributed by atoms with Crippen LogP contribution in [-0.4, -0.2) is 141 Å². The molecular formula is C47H63N9O13. The van der Waals surface area contributed by atoms with Gasteiger partial charge < -0.3 is 67.1 Å². The zero-order chi connectivity index (χ0) is 50.9. The first-order chi connectivity index (χ1) is 32.6. The number of aliphatic hydroxyl groups excluding tert-OH is 1. The van der Waals surface area contributed by atoms with Crippen molar-refractivity contribution in [3.63, 3.8) is 0 Å². The highest BCUT2D eigenvalue weighted by molar-refractivity contribution is 6.03. The first-order valence-corrected chi connectivity index (χ1v) is 22.9. The molecule has 0 radical (unpaired) electrons. The second-order valence-electron chi connectivity index (χ2n) is 18.0. The third-order valence-corrected chi connectivity index (χ3v) is 12.2. The molecule has 5 rings (SSSR count). The fourth-order valence-electron chi connectivity index (χ4n) is 8.16. The third-order valence-electron chi connectivity index (χ3n) is 12.2. The maximum Gasteiger partial charge on any atom is 0.329 e. The van der Waals surface area contributed by atoms with Crippen LogP contribution in [0.4, 0.5) is 10.5 Å². The fourth-order valence-corrected chi connectivity index (χ4v) is 8.16. The number of ether oxygens (including phenoxy) is 1. The van der Waals surface area contributed by atoms with Crippen LogP contribution in [0.15, 0.2) is 54.2 Å². The van der Waals surface area contributed by atoms with E-state index in [0.717, 1.165) is 21.9 Å². The molecule has 2 aromatic carbocycles. The van der Waals surface area contributed by atoms with Crippen molar-refractivity contribution in [1.82, 2.24) is 41.7 Å². The van der Waals surface area contributed by atoms with Crippen molar-refractivity contribution in [3.8, 4) is 11.5 Å². The van der Waals surface area contributed by atoms with E-state index in [1.807, 2.05) is 0 Å². The Bertz CT molecular complexity index is 2320. The number of carbonyl (C=O) groups is 9. The van der Waals surface area contributed by atoms with Gasteiger partial charge in [0.15, 0.2) is 11.5 Å². The number of aromatic hydroxyl groups is 2. The number of phenolic OH excluding ortho intramolecular Hbond substituents is 2. The van der Waals surface area contributed by atoms with Gasteiger partial charge in [0.25, 0.3) is 11.8 Å². The summed E-state index contributed by atoms with van der Waals surface area (Å²) in [4.78, 5) is 130. The van der Waals surface area contributed by atoms with Crippen LogP contribution in [0.5, 0.6) is 11.5 Å². The molecule has 3 aliphatic heterocycles. The number of amides is 9. The molecule has 3 heterocycles. The van der Waals surface area contributed by atoms with Crippen LogP contribution < -0.4 is 37.2 Å². The zero-order valence-corrected chi connectivity index (χ0v) is 39.7. The van der Waals surface area contributed by atoms with Crippen molar-refractivity contribution >= 4 is 59.0 Å². The molecule has 8 atom stereocenters. The van der Waals surface area contributed by atoms with Crippen molar-refractivity contribution in [1.29, 1.82) is 0 Å². The number of hydrogen-bond donors (Lipinski definition) is 10. The summed E-state index contributed by atoms with van der Waals surface area (Å²) in [6.07, 6.45) is -2.80. The van der Waals surface area contributed by atoms with Crippen LogP contribution in [0.1, 0.15) is 78.4 Å². The van der Waals surface area contributed by atoms with Crippen LogP contribution in [-0.2, 0) is 55.9 Å². The standard InChI is InChI=1S/C47H63N9O13/c1-8-28-40(61)51-30-16-17-36(59)56(44(30)65)33(19-26-13-10-9-11-14-26)45(66)55(7)32-20-27-21-34(57)35(58)22-31(27)52-47(68)48-18-12-15-29(50-39(60)24(4)5)41(62)54-38(43(64)49-28)25(6)69-46(67)37(23(2)3)53-42(32)63/h8-11,13-14,21-25,29-30,32-33,36-38,57-59H,12,15-20H2,1-7H3,(H,49,64)(H,50,60)(H,51,61)(H,53,63)(H,54,62)(H2,48,52,68)/b28-8-. The molecule has 8 unspecified atom stereocenters. The summed E-state index contributed by atoms with van der Waals surface area (Å²) >= 11 is 0. The van der Waals surface area contributed by atoms with Gasteiger partial charge in [-0.05, 0) is 62.6 Å². The van der Waals surface area contributed by atoms with E-state index in [-0.39, 0.29) is 55.6 Å². The summed E-state index contributed by atoms with van der Waals surface area (Å²) < 4.78 is 5.84. The Morgan fingerprint density at radius 1 is 0.870 bits per heavy atom. The van der Waals surface area contributed by atoms with Gasteiger partial charge in [-0.15, -0.1) is 0 Å². The van der Waals surface area contributed by atoms with Crippen LogP contribution in [0.2, 0.25) is 0 Å². The number of piperidine rings is 1. The van der Waals surface area contributed by atoms with Gasteiger partial charge in [-0.3, -0.25) is 33.6 Å². The van der Waals surface area contributed by atoms with E-state index in [9.17, 15) is 53.7 Å². The number of phenols is 2. The van der Waals surface area contributed by atoms with Crippen molar-refractivity contribution in [2.45, 2.75) is 129 Å². The predicted molar refractivity (Wildman–Crippen MR) is 247 cm³/mol. The monoisotopic (exact) mass is 961 g/mol. The van der Waals surface area contributed by atoms with Crippen molar-refractivity contribution in [2.75, 3.05) is 18.9 Å². The van der Waals surface area contributed by atoms with E-state index < -0.39 is 132 Å².